The molecule has 0 heterocycles. The van der Waals surface area contributed by atoms with Crippen molar-refractivity contribution in [3.63, 3.8) is 0 Å². The molecule has 7 heteroatoms. The topological polar surface area (TPSA) is 78.4 Å². The van der Waals surface area contributed by atoms with Crippen LogP contribution in [0, 0.1) is 5.92 Å². The summed E-state index contributed by atoms with van der Waals surface area (Å²) in [6, 6.07) is 3.02. The number of carbonyl (C=O) groups excluding carboxylic acids is 1. The summed E-state index contributed by atoms with van der Waals surface area (Å²) in [5.74, 6) is -1.31. The van der Waals surface area contributed by atoms with Gasteiger partial charge in [0, 0.05) is 5.69 Å². The molecule has 0 saturated carbocycles. The fraction of sp³-hybridized carbons (Fsp3) is 0.333. The van der Waals surface area contributed by atoms with Crippen LogP contribution in [0.4, 0.5) is 10.5 Å². The number of benzene rings is 1. The van der Waals surface area contributed by atoms with E-state index in [-0.39, 0.29) is 5.92 Å². The highest BCUT2D eigenvalue weighted by Crippen LogP contribution is 2.24. The predicted molar refractivity (Wildman–Crippen MR) is 74.9 cm³/mol. The minimum Gasteiger partial charge on any atom is -0.480 e. The molecule has 1 unspecified atom stereocenters. The van der Waals surface area contributed by atoms with E-state index in [1.54, 1.807) is 19.9 Å². The van der Waals surface area contributed by atoms with Crippen LogP contribution in [0.2, 0.25) is 10.0 Å². The van der Waals surface area contributed by atoms with Crippen LogP contribution in [-0.2, 0) is 4.79 Å². The van der Waals surface area contributed by atoms with E-state index in [9.17, 15) is 9.59 Å². The lowest BCUT2D eigenvalue weighted by Gasteiger charge is -2.18. The molecule has 1 aromatic rings. The molecule has 0 radical (unpaired) electrons. The summed E-state index contributed by atoms with van der Waals surface area (Å²) in [7, 11) is 0. The van der Waals surface area contributed by atoms with Crippen molar-refractivity contribution in [3.8, 4) is 0 Å². The Morgan fingerprint density at radius 3 is 2.32 bits per heavy atom. The SMILES string of the molecule is CC(C)C(NC(=O)Nc1ccc(Cl)c(Cl)c1)C(=O)O. The van der Waals surface area contributed by atoms with E-state index in [1.807, 2.05) is 0 Å². The highest BCUT2D eigenvalue weighted by Gasteiger charge is 2.23. The highest BCUT2D eigenvalue weighted by molar-refractivity contribution is 6.42. The molecule has 0 aliphatic carbocycles. The third kappa shape index (κ3) is 4.61. The number of halogens is 2. The Balaban J connectivity index is 2.69. The highest BCUT2D eigenvalue weighted by atomic mass is 35.5. The summed E-state index contributed by atoms with van der Waals surface area (Å²) in [6.07, 6.45) is 0. The second kappa shape index (κ2) is 6.63. The van der Waals surface area contributed by atoms with Crippen LogP contribution in [0.5, 0.6) is 0 Å². The predicted octanol–water partition coefficient (Wildman–Crippen LogP) is 3.22. The van der Waals surface area contributed by atoms with Crippen molar-refractivity contribution in [1.29, 1.82) is 0 Å². The zero-order valence-corrected chi connectivity index (χ0v) is 11.9. The van der Waals surface area contributed by atoms with Gasteiger partial charge in [0.1, 0.15) is 6.04 Å². The van der Waals surface area contributed by atoms with Crippen molar-refractivity contribution in [3.05, 3.63) is 28.2 Å². The average molecular weight is 305 g/mol. The van der Waals surface area contributed by atoms with E-state index in [2.05, 4.69) is 10.6 Å². The smallest absolute Gasteiger partial charge is 0.326 e. The minimum absolute atomic E-state index is 0.225. The number of nitrogens with one attached hydrogen (secondary N) is 2. The van der Waals surface area contributed by atoms with Gasteiger partial charge in [-0.25, -0.2) is 9.59 Å². The van der Waals surface area contributed by atoms with Crippen molar-refractivity contribution < 1.29 is 14.7 Å². The number of carboxylic acids is 1. The van der Waals surface area contributed by atoms with Gasteiger partial charge in [0.05, 0.1) is 10.0 Å². The summed E-state index contributed by atoms with van der Waals surface area (Å²) < 4.78 is 0. The maximum atomic E-state index is 11.7. The second-order valence-corrected chi connectivity index (χ2v) is 5.10. The van der Waals surface area contributed by atoms with Crippen LogP contribution in [0.25, 0.3) is 0 Å². The van der Waals surface area contributed by atoms with Crippen LogP contribution < -0.4 is 10.6 Å². The Morgan fingerprint density at radius 1 is 1.21 bits per heavy atom. The standard InChI is InChI=1S/C12H14Cl2N2O3/c1-6(2)10(11(17)18)16-12(19)15-7-3-4-8(13)9(14)5-7/h3-6,10H,1-2H3,(H,17,18)(H2,15,16,19). The van der Waals surface area contributed by atoms with E-state index in [4.69, 9.17) is 28.3 Å². The lowest BCUT2D eigenvalue weighted by molar-refractivity contribution is -0.140. The zero-order valence-electron chi connectivity index (χ0n) is 10.4. The van der Waals surface area contributed by atoms with Crippen LogP contribution in [-0.4, -0.2) is 23.1 Å². The van der Waals surface area contributed by atoms with Crippen LogP contribution in [0.1, 0.15) is 13.8 Å². The van der Waals surface area contributed by atoms with Gasteiger partial charge in [0.2, 0.25) is 0 Å². The molecule has 0 spiro atoms. The molecule has 0 aliphatic rings. The molecule has 0 aromatic heterocycles. The fourth-order valence-electron chi connectivity index (χ4n) is 1.40. The number of urea groups is 1. The monoisotopic (exact) mass is 304 g/mol. The summed E-state index contributed by atoms with van der Waals surface area (Å²) in [5, 5.41) is 14.5. The fourth-order valence-corrected chi connectivity index (χ4v) is 1.69. The van der Waals surface area contributed by atoms with E-state index >= 15 is 0 Å². The molecule has 0 fully saturated rings. The van der Waals surface area contributed by atoms with Crippen molar-refractivity contribution in [2.45, 2.75) is 19.9 Å². The van der Waals surface area contributed by atoms with Crippen LogP contribution in [0.3, 0.4) is 0 Å². The Bertz CT molecular complexity index is 492. The Hall–Kier alpha value is -1.46. The minimum atomic E-state index is -1.08. The third-order valence-corrected chi connectivity index (χ3v) is 3.14. The Labute approximate surface area is 120 Å². The quantitative estimate of drug-likeness (QED) is 0.799. The Kier molecular flexibility index (Phi) is 5.44. The second-order valence-electron chi connectivity index (χ2n) is 4.29. The number of hydrogen-bond donors (Lipinski definition) is 3. The molecule has 0 aliphatic heterocycles. The van der Waals surface area contributed by atoms with Gasteiger partial charge in [-0.1, -0.05) is 37.0 Å². The number of hydrogen-bond acceptors (Lipinski definition) is 2. The summed E-state index contributed by atoms with van der Waals surface area (Å²) >= 11 is 11.6. The molecular weight excluding hydrogens is 291 g/mol. The summed E-state index contributed by atoms with van der Waals surface area (Å²) in [6.45, 7) is 3.41. The molecule has 0 bridgehead atoms. The molecule has 0 saturated heterocycles. The summed E-state index contributed by atoms with van der Waals surface area (Å²) in [5.41, 5.74) is 0.430. The normalized spacial score (nSPS) is 12.1. The van der Waals surface area contributed by atoms with Gasteiger partial charge in [0.15, 0.2) is 0 Å². The van der Waals surface area contributed by atoms with Gasteiger partial charge < -0.3 is 15.7 Å². The van der Waals surface area contributed by atoms with Gasteiger partial charge in [0.25, 0.3) is 0 Å². The third-order valence-electron chi connectivity index (χ3n) is 2.40. The Morgan fingerprint density at radius 2 is 1.84 bits per heavy atom. The maximum Gasteiger partial charge on any atom is 0.326 e. The zero-order chi connectivity index (χ0) is 14.6. The number of rotatable bonds is 4. The molecule has 1 atom stereocenters. The molecular formula is C12H14Cl2N2O3. The first-order valence-corrected chi connectivity index (χ1v) is 6.32. The van der Waals surface area contributed by atoms with E-state index in [0.29, 0.717) is 15.7 Å². The van der Waals surface area contributed by atoms with Crippen LogP contribution in [0.15, 0.2) is 18.2 Å². The van der Waals surface area contributed by atoms with Gasteiger partial charge in [-0.05, 0) is 24.1 Å². The van der Waals surface area contributed by atoms with Crippen molar-refractivity contribution in [1.82, 2.24) is 5.32 Å². The average Bonchev–Trinajstić information content (AvgIpc) is 2.30. The van der Waals surface area contributed by atoms with E-state index in [1.165, 1.54) is 12.1 Å². The molecule has 1 aromatic carbocycles. The first-order valence-electron chi connectivity index (χ1n) is 5.56. The summed E-state index contributed by atoms with van der Waals surface area (Å²) in [4.78, 5) is 22.6. The maximum absolute atomic E-state index is 11.7. The van der Waals surface area contributed by atoms with Gasteiger partial charge in [-0.3, -0.25) is 0 Å². The van der Waals surface area contributed by atoms with Crippen molar-refractivity contribution in [2.24, 2.45) is 5.92 Å². The lowest BCUT2D eigenvalue weighted by Crippen LogP contribution is -2.46. The first-order chi connectivity index (χ1) is 8.81. The molecule has 3 N–H and O–H groups in total. The number of aliphatic carboxylic acids is 1. The number of anilines is 1. The van der Waals surface area contributed by atoms with Crippen LogP contribution >= 0.6 is 23.2 Å². The van der Waals surface area contributed by atoms with Gasteiger partial charge in [-0.2, -0.15) is 0 Å². The largest absolute Gasteiger partial charge is 0.480 e. The molecule has 19 heavy (non-hydrogen) atoms. The van der Waals surface area contributed by atoms with E-state index < -0.39 is 18.0 Å². The van der Waals surface area contributed by atoms with Crippen molar-refractivity contribution >= 4 is 40.9 Å². The number of carboxylic acid groups (broad SMARTS) is 1. The number of amides is 2. The van der Waals surface area contributed by atoms with Gasteiger partial charge >= 0.3 is 12.0 Å². The van der Waals surface area contributed by atoms with Crippen molar-refractivity contribution in [2.75, 3.05) is 5.32 Å². The first kappa shape index (κ1) is 15.6. The molecule has 2 amide bonds. The van der Waals surface area contributed by atoms with E-state index in [0.717, 1.165) is 0 Å². The molecule has 5 nitrogen and oxygen atoms in total. The molecule has 1 rings (SSSR count). The van der Waals surface area contributed by atoms with Gasteiger partial charge in [-0.15, -0.1) is 0 Å². The molecule has 104 valence electrons. The number of carbonyl (C=O) groups is 2. The lowest BCUT2D eigenvalue weighted by atomic mass is 10.1.